The predicted molar refractivity (Wildman–Crippen MR) is 125 cm³/mol. The van der Waals surface area contributed by atoms with Crippen LogP contribution in [0.15, 0.2) is 54.6 Å². The van der Waals surface area contributed by atoms with Crippen LogP contribution in [0.5, 0.6) is 5.75 Å². The zero-order valence-electron chi connectivity index (χ0n) is 19.0. The third-order valence-electron chi connectivity index (χ3n) is 7.49. The van der Waals surface area contributed by atoms with Gasteiger partial charge in [0, 0.05) is 12.5 Å². The fraction of sp³-hybridized carbons (Fsp3) is 0.519. The zero-order chi connectivity index (χ0) is 21.7. The molecule has 2 aromatic carbocycles. The van der Waals surface area contributed by atoms with Crippen molar-refractivity contribution in [1.29, 1.82) is 0 Å². The zero-order valence-corrected chi connectivity index (χ0v) is 19.0. The lowest BCUT2D eigenvalue weighted by atomic mass is 9.90. The molecule has 4 heteroatoms. The lowest BCUT2D eigenvalue weighted by Gasteiger charge is -2.33. The minimum absolute atomic E-state index is 0.218. The second-order valence-electron chi connectivity index (χ2n) is 9.41. The highest BCUT2D eigenvalue weighted by atomic mass is 16.5. The third-order valence-corrected chi connectivity index (χ3v) is 7.49. The van der Waals surface area contributed by atoms with Crippen LogP contribution in [0.4, 0.5) is 0 Å². The van der Waals surface area contributed by atoms with Crippen molar-refractivity contribution in [3.63, 3.8) is 0 Å². The molecule has 2 aliphatic rings. The standard InChI is InChI=1S/C27H36N2O2/c1-21(22-8-4-3-5-9-22)13-17-29-18-14-27(15-19-29)20-24(27)26(30)28-16-12-23-10-6-7-11-25(23)31-2/h3-11,21,24H,12-20H2,1-2H3,(H,28,30)/t21-,24-/m1/s1. The van der Waals surface area contributed by atoms with Crippen molar-refractivity contribution in [2.24, 2.45) is 11.3 Å². The normalized spacial score (nSPS) is 20.9. The second kappa shape index (κ2) is 9.86. The van der Waals surface area contributed by atoms with Crippen LogP contribution in [0.25, 0.3) is 0 Å². The lowest BCUT2D eigenvalue weighted by Crippen LogP contribution is -2.38. The number of carbonyl (C=O) groups excluding carboxylic acids is 1. The molecular weight excluding hydrogens is 384 g/mol. The van der Waals surface area contributed by atoms with Gasteiger partial charge in [0.15, 0.2) is 0 Å². The number of rotatable bonds is 9. The van der Waals surface area contributed by atoms with Crippen LogP contribution in [-0.4, -0.2) is 44.1 Å². The summed E-state index contributed by atoms with van der Waals surface area (Å²) in [6, 6.07) is 18.8. The molecular formula is C27H36N2O2. The number of carbonyl (C=O) groups is 1. The predicted octanol–water partition coefficient (Wildman–Crippen LogP) is 4.65. The Morgan fingerprint density at radius 3 is 2.58 bits per heavy atom. The van der Waals surface area contributed by atoms with Crippen molar-refractivity contribution in [3.05, 3.63) is 65.7 Å². The van der Waals surface area contributed by atoms with Gasteiger partial charge in [0.2, 0.25) is 5.91 Å². The largest absolute Gasteiger partial charge is 0.496 e. The highest BCUT2D eigenvalue weighted by Gasteiger charge is 2.58. The molecule has 1 spiro atoms. The maximum Gasteiger partial charge on any atom is 0.223 e. The number of methoxy groups -OCH3 is 1. The van der Waals surface area contributed by atoms with Gasteiger partial charge >= 0.3 is 0 Å². The van der Waals surface area contributed by atoms with Crippen molar-refractivity contribution in [1.82, 2.24) is 10.2 Å². The van der Waals surface area contributed by atoms with E-state index in [1.165, 1.54) is 12.0 Å². The van der Waals surface area contributed by atoms with Gasteiger partial charge < -0.3 is 15.0 Å². The average Bonchev–Trinajstić information content (AvgIpc) is 3.52. The number of para-hydroxylation sites is 1. The van der Waals surface area contributed by atoms with Gasteiger partial charge in [0.1, 0.15) is 5.75 Å². The Kier molecular flexibility index (Phi) is 6.96. The van der Waals surface area contributed by atoms with E-state index in [0.29, 0.717) is 12.5 Å². The molecule has 2 aromatic rings. The first kappa shape index (κ1) is 21.9. The monoisotopic (exact) mass is 420 g/mol. The van der Waals surface area contributed by atoms with Gasteiger partial charge in [-0.1, -0.05) is 55.5 Å². The van der Waals surface area contributed by atoms with Crippen LogP contribution >= 0.6 is 0 Å². The first-order valence-electron chi connectivity index (χ1n) is 11.8. The van der Waals surface area contributed by atoms with E-state index in [0.717, 1.165) is 56.6 Å². The van der Waals surface area contributed by atoms with E-state index in [1.54, 1.807) is 7.11 Å². The third kappa shape index (κ3) is 5.30. The highest BCUT2D eigenvalue weighted by molar-refractivity contribution is 5.82. The number of likely N-dealkylation sites (tertiary alicyclic amines) is 1. The summed E-state index contributed by atoms with van der Waals surface area (Å²) < 4.78 is 5.40. The molecule has 2 fully saturated rings. The minimum Gasteiger partial charge on any atom is -0.496 e. The SMILES string of the molecule is COc1ccccc1CCNC(=O)[C@H]1CC12CCN(CC[C@@H](C)c1ccccc1)CC2. The first-order valence-corrected chi connectivity index (χ1v) is 11.8. The van der Waals surface area contributed by atoms with Gasteiger partial charge in [-0.05, 0) is 80.3 Å². The van der Waals surface area contributed by atoms with E-state index in [1.807, 2.05) is 18.2 Å². The summed E-state index contributed by atoms with van der Waals surface area (Å²) >= 11 is 0. The van der Waals surface area contributed by atoms with Crippen LogP contribution < -0.4 is 10.1 Å². The molecule has 0 bridgehead atoms. The van der Waals surface area contributed by atoms with Crippen molar-refractivity contribution in [2.75, 3.05) is 33.3 Å². The van der Waals surface area contributed by atoms with E-state index in [4.69, 9.17) is 4.74 Å². The molecule has 4 rings (SSSR count). The van der Waals surface area contributed by atoms with Crippen molar-refractivity contribution >= 4 is 5.91 Å². The Morgan fingerprint density at radius 2 is 1.84 bits per heavy atom. The number of hydrogen-bond donors (Lipinski definition) is 1. The van der Waals surface area contributed by atoms with Crippen molar-refractivity contribution < 1.29 is 9.53 Å². The molecule has 1 saturated heterocycles. The van der Waals surface area contributed by atoms with Gasteiger partial charge in [-0.2, -0.15) is 0 Å². The summed E-state index contributed by atoms with van der Waals surface area (Å²) in [5.41, 5.74) is 2.85. The highest BCUT2D eigenvalue weighted by Crippen LogP contribution is 2.59. The van der Waals surface area contributed by atoms with Crippen molar-refractivity contribution in [3.8, 4) is 5.75 Å². The first-order chi connectivity index (χ1) is 15.1. The Hall–Kier alpha value is -2.33. The number of hydrogen-bond acceptors (Lipinski definition) is 3. The second-order valence-corrected chi connectivity index (χ2v) is 9.41. The fourth-order valence-corrected chi connectivity index (χ4v) is 5.17. The van der Waals surface area contributed by atoms with Gasteiger partial charge in [0.05, 0.1) is 7.11 Å². The number of nitrogens with zero attached hydrogens (tertiary/aromatic N) is 1. The molecule has 1 saturated carbocycles. The molecule has 0 radical (unpaired) electrons. The van der Waals surface area contributed by atoms with Crippen LogP contribution in [-0.2, 0) is 11.2 Å². The van der Waals surface area contributed by atoms with Gasteiger partial charge in [-0.15, -0.1) is 0 Å². The fourth-order valence-electron chi connectivity index (χ4n) is 5.17. The van der Waals surface area contributed by atoms with Crippen molar-refractivity contribution in [2.45, 2.75) is 44.9 Å². The maximum absolute atomic E-state index is 12.7. The molecule has 1 heterocycles. The van der Waals surface area contributed by atoms with E-state index in [9.17, 15) is 4.79 Å². The quantitative estimate of drug-likeness (QED) is 0.642. The van der Waals surface area contributed by atoms with E-state index >= 15 is 0 Å². The van der Waals surface area contributed by atoms with Gasteiger partial charge in [-0.3, -0.25) is 4.79 Å². The number of nitrogens with one attached hydrogen (secondary N) is 1. The molecule has 2 atom stereocenters. The Bertz CT molecular complexity index is 859. The number of ether oxygens (including phenoxy) is 1. The summed E-state index contributed by atoms with van der Waals surface area (Å²) in [5.74, 6) is 1.96. The van der Waals surface area contributed by atoms with Gasteiger partial charge in [0.25, 0.3) is 0 Å². The summed E-state index contributed by atoms with van der Waals surface area (Å²) in [6.07, 6.45) is 5.41. The topological polar surface area (TPSA) is 41.6 Å². The molecule has 0 aromatic heterocycles. The molecule has 4 nitrogen and oxygen atoms in total. The minimum atomic E-state index is 0.218. The van der Waals surface area contributed by atoms with E-state index in [2.05, 4.69) is 53.5 Å². The average molecular weight is 421 g/mol. The molecule has 166 valence electrons. The molecule has 1 aliphatic heterocycles. The maximum atomic E-state index is 12.7. The summed E-state index contributed by atoms with van der Waals surface area (Å²) in [7, 11) is 1.69. The van der Waals surface area contributed by atoms with Crippen LogP contribution in [0.2, 0.25) is 0 Å². The lowest BCUT2D eigenvalue weighted by molar-refractivity contribution is -0.123. The smallest absolute Gasteiger partial charge is 0.223 e. The Morgan fingerprint density at radius 1 is 1.13 bits per heavy atom. The van der Waals surface area contributed by atoms with Crippen LogP contribution in [0.3, 0.4) is 0 Å². The molecule has 1 aliphatic carbocycles. The summed E-state index contributed by atoms with van der Waals surface area (Å²) in [4.78, 5) is 15.3. The number of piperidine rings is 1. The molecule has 31 heavy (non-hydrogen) atoms. The molecule has 1 N–H and O–H groups in total. The van der Waals surface area contributed by atoms with E-state index in [-0.39, 0.29) is 17.2 Å². The molecule has 0 unspecified atom stereocenters. The summed E-state index contributed by atoms with van der Waals surface area (Å²) in [6.45, 7) is 6.42. The Balaban J connectivity index is 1.17. The van der Waals surface area contributed by atoms with E-state index < -0.39 is 0 Å². The van der Waals surface area contributed by atoms with Crippen LogP contribution in [0.1, 0.15) is 49.7 Å². The molecule has 1 amide bonds. The van der Waals surface area contributed by atoms with Gasteiger partial charge in [-0.25, -0.2) is 0 Å². The Labute approximate surface area is 187 Å². The number of amides is 1. The van der Waals surface area contributed by atoms with Crippen LogP contribution in [0, 0.1) is 11.3 Å². The number of benzene rings is 2. The summed E-state index contributed by atoms with van der Waals surface area (Å²) in [5, 5.41) is 3.18.